The number of anilines is 1. The van der Waals surface area contributed by atoms with Crippen LogP contribution in [0.1, 0.15) is 13.8 Å². The Morgan fingerprint density at radius 2 is 2.00 bits per heavy atom. The van der Waals surface area contributed by atoms with Gasteiger partial charge in [-0.1, -0.05) is 11.8 Å². The molecule has 1 heterocycles. The molecule has 10 heteroatoms. The van der Waals surface area contributed by atoms with Crippen molar-refractivity contribution in [1.29, 1.82) is 0 Å². The van der Waals surface area contributed by atoms with Gasteiger partial charge in [0.2, 0.25) is 5.91 Å². The highest BCUT2D eigenvalue weighted by atomic mass is 32.2. The molecule has 0 fully saturated rings. The molecular weight excluding hydrogens is 368 g/mol. The van der Waals surface area contributed by atoms with Crippen LogP contribution < -0.4 is 5.32 Å². The fourth-order valence-electron chi connectivity index (χ4n) is 2.10. The molecule has 1 aromatic carbocycles. The third-order valence-electron chi connectivity index (χ3n) is 3.22. The summed E-state index contributed by atoms with van der Waals surface area (Å²) in [5, 5.41) is 2.49. The van der Waals surface area contributed by atoms with Gasteiger partial charge in [0.1, 0.15) is 5.92 Å². The number of carbonyl (C=O) groups is 3. The number of hydrogen-bond acceptors (Lipinski definition) is 5. The van der Waals surface area contributed by atoms with Gasteiger partial charge in [0, 0.05) is 17.5 Å². The predicted octanol–water partition coefficient (Wildman–Crippen LogP) is 2.81. The van der Waals surface area contributed by atoms with Crippen LogP contribution in [-0.2, 0) is 14.3 Å². The van der Waals surface area contributed by atoms with E-state index in [2.05, 4.69) is 15.3 Å². The Kier molecular flexibility index (Phi) is 6.56. The molecule has 1 atom stereocenters. The SMILES string of the molecule is CCOC(=O)C1C(C)=NC(=O)N=C1SCC(=O)Nc1ccc(F)c(F)c1. The minimum atomic E-state index is -1.09. The molecule has 1 unspecified atom stereocenters. The number of amides is 3. The lowest BCUT2D eigenvalue weighted by Crippen LogP contribution is -2.34. The van der Waals surface area contributed by atoms with Gasteiger partial charge in [-0.25, -0.2) is 13.6 Å². The maximum absolute atomic E-state index is 13.2. The maximum Gasteiger partial charge on any atom is 0.367 e. The molecule has 0 aliphatic carbocycles. The van der Waals surface area contributed by atoms with Crippen LogP contribution in [0.5, 0.6) is 0 Å². The van der Waals surface area contributed by atoms with E-state index in [9.17, 15) is 23.2 Å². The summed E-state index contributed by atoms with van der Waals surface area (Å²) in [4.78, 5) is 42.8. The number of aliphatic imine (C=N–C) groups is 2. The molecule has 0 saturated carbocycles. The molecule has 0 radical (unpaired) electrons. The molecule has 0 saturated heterocycles. The van der Waals surface area contributed by atoms with E-state index in [1.807, 2.05) is 0 Å². The summed E-state index contributed by atoms with van der Waals surface area (Å²) in [6, 6.07) is 2.17. The van der Waals surface area contributed by atoms with Crippen molar-refractivity contribution >= 4 is 46.1 Å². The van der Waals surface area contributed by atoms with Gasteiger partial charge in [-0.05, 0) is 26.0 Å². The minimum absolute atomic E-state index is 0.0795. The molecule has 1 N–H and O–H groups in total. The van der Waals surface area contributed by atoms with E-state index >= 15 is 0 Å². The van der Waals surface area contributed by atoms with Gasteiger partial charge in [-0.3, -0.25) is 9.59 Å². The normalized spacial score (nSPS) is 16.6. The number of nitrogens with one attached hydrogen (secondary N) is 1. The summed E-state index contributed by atoms with van der Waals surface area (Å²) in [7, 11) is 0. The van der Waals surface area contributed by atoms with Gasteiger partial charge in [0.25, 0.3) is 0 Å². The predicted molar refractivity (Wildman–Crippen MR) is 93.5 cm³/mol. The first-order chi connectivity index (χ1) is 12.3. The molecule has 7 nitrogen and oxygen atoms in total. The van der Waals surface area contributed by atoms with E-state index in [-0.39, 0.29) is 28.8 Å². The lowest BCUT2D eigenvalue weighted by molar-refractivity contribution is -0.143. The zero-order chi connectivity index (χ0) is 19.3. The molecule has 0 bridgehead atoms. The fourth-order valence-corrected chi connectivity index (χ4v) is 3.03. The summed E-state index contributed by atoms with van der Waals surface area (Å²) < 4.78 is 31.0. The zero-order valence-electron chi connectivity index (χ0n) is 13.9. The van der Waals surface area contributed by atoms with E-state index in [0.29, 0.717) is 0 Å². The summed E-state index contributed by atoms with van der Waals surface area (Å²) in [5.74, 6) is -4.43. The highest BCUT2D eigenvalue weighted by Gasteiger charge is 2.33. The molecular formula is C16H15F2N3O4S. The first-order valence-electron chi connectivity index (χ1n) is 7.54. The van der Waals surface area contributed by atoms with E-state index in [1.165, 1.54) is 13.0 Å². The highest BCUT2D eigenvalue weighted by Crippen LogP contribution is 2.22. The average Bonchev–Trinajstić information content (AvgIpc) is 2.56. The first kappa shape index (κ1) is 19.7. The van der Waals surface area contributed by atoms with Crippen molar-refractivity contribution in [2.45, 2.75) is 13.8 Å². The zero-order valence-corrected chi connectivity index (χ0v) is 14.7. The molecule has 1 aliphatic rings. The van der Waals surface area contributed by atoms with E-state index in [1.54, 1.807) is 6.92 Å². The summed E-state index contributed by atoms with van der Waals surface area (Å²) >= 11 is 0.869. The Labute approximate surface area is 151 Å². The lowest BCUT2D eigenvalue weighted by Gasteiger charge is -2.19. The van der Waals surface area contributed by atoms with Gasteiger partial charge in [-0.15, -0.1) is 0 Å². The van der Waals surface area contributed by atoms with Crippen molar-refractivity contribution in [2.24, 2.45) is 15.9 Å². The van der Waals surface area contributed by atoms with E-state index < -0.39 is 35.5 Å². The Bertz CT molecular complexity index is 811. The van der Waals surface area contributed by atoms with Crippen molar-refractivity contribution in [2.75, 3.05) is 17.7 Å². The molecule has 1 aliphatic heterocycles. The van der Waals surface area contributed by atoms with Crippen molar-refractivity contribution in [3.05, 3.63) is 29.8 Å². The standard InChI is InChI=1S/C16H15F2N3O4S/c1-3-25-15(23)13-8(2)19-16(24)21-14(13)26-7-12(22)20-9-4-5-10(17)11(18)6-9/h4-6,13H,3,7H2,1-2H3,(H,20,22). The van der Waals surface area contributed by atoms with E-state index in [0.717, 1.165) is 23.9 Å². The second kappa shape index (κ2) is 8.65. The average molecular weight is 383 g/mol. The smallest absolute Gasteiger partial charge is 0.367 e. The van der Waals surface area contributed by atoms with Gasteiger partial charge >= 0.3 is 12.0 Å². The largest absolute Gasteiger partial charge is 0.465 e. The molecule has 0 aromatic heterocycles. The number of benzene rings is 1. The number of halogens is 2. The minimum Gasteiger partial charge on any atom is -0.465 e. The Morgan fingerprint density at radius 1 is 1.27 bits per heavy atom. The van der Waals surface area contributed by atoms with Crippen LogP contribution in [0, 0.1) is 17.6 Å². The first-order valence-corrected chi connectivity index (χ1v) is 8.52. The van der Waals surface area contributed by atoms with Crippen LogP contribution in [0.25, 0.3) is 0 Å². The number of hydrogen-bond donors (Lipinski definition) is 1. The van der Waals surface area contributed by atoms with Crippen LogP contribution in [0.4, 0.5) is 19.3 Å². The second-order valence-corrected chi connectivity index (χ2v) is 6.13. The summed E-state index contributed by atoms with van der Waals surface area (Å²) in [6.07, 6.45) is 0. The van der Waals surface area contributed by atoms with Crippen molar-refractivity contribution < 1.29 is 27.9 Å². The van der Waals surface area contributed by atoms with Crippen LogP contribution >= 0.6 is 11.8 Å². The van der Waals surface area contributed by atoms with Crippen LogP contribution in [0.15, 0.2) is 28.2 Å². The third kappa shape index (κ3) is 4.94. The van der Waals surface area contributed by atoms with Crippen LogP contribution in [-0.4, -0.2) is 41.0 Å². The number of rotatable bonds is 5. The molecule has 1 aromatic rings. The highest BCUT2D eigenvalue weighted by molar-refractivity contribution is 8.14. The molecule has 138 valence electrons. The lowest BCUT2D eigenvalue weighted by atomic mass is 10.1. The van der Waals surface area contributed by atoms with Crippen LogP contribution in [0.2, 0.25) is 0 Å². The Hall–Kier alpha value is -2.62. The summed E-state index contributed by atoms with van der Waals surface area (Å²) in [6.45, 7) is 3.28. The number of urea groups is 1. The number of nitrogens with zero attached hydrogens (tertiary/aromatic N) is 2. The van der Waals surface area contributed by atoms with E-state index in [4.69, 9.17) is 4.74 Å². The molecule has 0 spiro atoms. The Morgan fingerprint density at radius 3 is 2.65 bits per heavy atom. The van der Waals surface area contributed by atoms with Gasteiger partial charge in [0.05, 0.1) is 17.4 Å². The van der Waals surface area contributed by atoms with Gasteiger partial charge in [0.15, 0.2) is 11.6 Å². The van der Waals surface area contributed by atoms with Gasteiger partial charge < -0.3 is 10.1 Å². The monoisotopic (exact) mass is 383 g/mol. The maximum atomic E-state index is 13.2. The van der Waals surface area contributed by atoms with Crippen molar-refractivity contribution in [1.82, 2.24) is 0 Å². The molecule has 26 heavy (non-hydrogen) atoms. The van der Waals surface area contributed by atoms with Gasteiger partial charge in [-0.2, -0.15) is 9.98 Å². The number of esters is 1. The Balaban J connectivity index is 2.03. The quantitative estimate of drug-likeness (QED) is 0.789. The van der Waals surface area contributed by atoms with Crippen molar-refractivity contribution in [3.63, 3.8) is 0 Å². The molecule has 2 rings (SSSR count). The fraction of sp³-hybridized carbons (Fsp3) is 0.312. The van der Waals surface area contributed by atoms with Crippen molar-refractivity contribution in [3.8, 4) is 0 Å². The topological polar surface area (TPSA) is 97.2 Å². The number of carbonyl (C=O) groups excluding carboxylic acids is 3. The molecule has 3 amide bonds. The second-order valence-electron chi connectivity index (χ2n) is 5.14. The number of ether oxygens (including phenoxy) is 1. The van der Waals surface area contributed by atoms with Crippen LogP contribution in [0.3, 0.4) is 0 Å². The third-order valence-corrected chi connectivity index (χ3v) is 4.25. The number of thioether (sulfide) groups is 1. The summed E-state index contributed by atoms with van der Waals surface area (Å²) in [5.41, 5.74) is 0.308.